The molecule has 2 rings (SSSR count). The molecule has 4 heteroatoms. The van der Waals surface area contributed by atoms with Crippen LogP contribution in [0.15, 0.2) is 36.4 Å². The number of carbonyl (C=O) groups excluding carboxylic acids is 1. The summed E-state index contributed by atoms with van der Waals surface area (Å²) >= 11 is 0. The molecule has 1 heterocycles. The molecule has 24 heavy (non-hydrogen) atoms. The largest absolute Gasteiger partial charge is 0.338 e. The molecule has 4 nitrogen and oxygen atoms in total. The quantitative estimate of drug-likeness (QED) is 0.846. The van der Waals surface area contributed by atoms with Crippen LogP contribution in [0.4, 0.5) is 0 Å². The molecule has 0 saturated heterocycles. The van der Waals surface area contributed by atoms with E-state index in [0.29, 0.717) is 6.54 Å². The van der Waals surface area contributed by atoms with Gasteiger partial charge in [0.05, 0.1) is 12.2 Å². The maximum Gasteiger partial charge on any atom is 0.244 e. The van der Waals surface area contributed by atoms with Crippen LogP contribution in [0.2, 0.25) is 0 Å². The molecule has 128 valence electrons. The van der Waals surface area contributed by atoms with Crippen molar-refractivity contribution in [3.63, 3.8) is 0 Å². The fourth-order valence-corrected chi connectivity index (χ4v) is 3.06. The van der Waals surface area contributed by atoms with Gasteiger partial charge in [0.25, 0.3) is 0 Å². The molecule has 0 unspecified atom stereocenters. The standard InChI is InChI=1S/C20H27N3O/c1-14-11-16(3)21-17(12-14)13-23(6)20(24)19(22(4)5)18-10-8-7-9-15(18)2/h7-12,19H,13H2,1-6H3/t19-/m0/s1. The van der Waals surface area contributed by atoms with Gasteiger partial charge in [-0.25, -0.2) is 0 Å². The highest BCUT2D eigenvalue weighted by molar-refractivity contribution is 5.83. The van der Waals surface area contributed by atoms with Crippen molar-refractivity contribution in [3.8, 4) is 0 Å². The van der Waals surface area contributed by atoms with Gasteiger partial charge in [0.1, 0.15) is 6.04 Å². The molecule has 0 fully saturated rings. The Kier molecular flexibility index (Phi) is 5.73. The molecule has 1 atom stereocenters. The second-order valence-corrected chi connectivity index (χ2v) is 6.69. The van der Waals surface area contributed by atoms with Crippen LogP contribution in [0, 0.1) is 20.8 Å². The van der Waals surface area contributed by atoms with Gasteiger partial charge in [-0.05, 0) is 63.7 Å². The van der Waals surface area contributed by atoms with Crippen LogP contribution in [0.5, 0.6) is 0 Å². The lowest BCUT2D eigenvalue weighted by Crippen LogP contribution is -2.38. The maximum absolute atomic E-state index is 13.1. The highest BCUT2D eigenvalue weighted by Crippen LogP contribution is 2.24. The lowest BCUT2D eigenvalue weighted by Gasteiger charge is -2.29. The van der Waals surface area contributed by atoms with Crippen molar-refractivity contribution in [2.45, 2.75) is 33.4 Å². The fourth-order valence-electron chi connectivity index (χ4n) is 3.06. The van der Waals surface area contributed by atoms with Gasteiger partial charge in [0, 0.05) is 12.7 Å². The lowest BCUT2D eigenvalue weighted by molar-refractivity contribution is -0.135. The van der Waals surface area contributed by atoms with E-state index in [2.05, 4.69) is 11.9 Å². The molecular weight excluding hydrogens is 298 g/mol. The Hall–Kier alpha value is -2.20. The van der Waals surface area contributed by atoms with Gasteiger partial charge in [0.2, 0.25) is 5.91 Å². The zero-order valence-electron chi connectivity index (χ0n) is 15.5. The Morgan fingerprint density at radius 2 is 1.75 bits per heavy atom. The van der Waals surface area contributed by atoms with Crippen LogP contribution in [-0.2, 0) is 11.3 Å². The summed E-state index contributed by atoms with van der Waals surface area (Å²) in [6.07, 6.45) is 0. The predicted molar refractivity (Wildman–Crippen MR) is 97.8 cm³/mol. The minimum absolute atomic E-state index is 0.0789. The molecule has 1 aromatic heterocycles. The van der Waals surface area contributed by atoms with Crippen LogP contribution >= 0.6 is 0 Å². The second kappa shape index (κ2) is 7.58. The van der Waals surface area contributed by atoms with Crippen LogP contribution in [0.1, 0.15) is 34.1 Å². The predicted octanol–water partition coefficient (Wildman–Crippen LogP) is 3.27. The summed E-state index contributed by atoms with van der Waals surface area (Å²) in [7, 11) is 5.73. The summed E-state index contributed by atoms with van der Waals surface area (Å²) in [4.78, 5) is 21.3. The normalized spacial score (nSPS) is 12.3. The molecule has 0 aliphatic carbocycles. The molecule has 0 spiro atoms. The summed E-state index contributed by atoms with van der Waals surface area (Å²) in [6, 6.07) is 11.8. The first-order valence-corrected chi connectivity index (χ1v) is 8.20. The number of carbonyl (C=O) groups is 1. The Morgan fingerprint density at radius 1 is 1.08 bits per heavy atom. The summed E-state index contributed by atoms with van der Waals surface area (Å²) in [5, 5.41) is 0. The van der Waals surface area contributed by atoms with Crippen LogP contribution in [-0.4, -0.2) is 41.8 Å². The Balaban J connectivity index is 2.25. The number of aromatic nitrogens is 1. The van der Waals surface area contributed by atoms with Gasteiger partial charge in [-0.3, -0.25) is 14.7 Å². The van der Waals surface area contributed by atoms with E-state index < -0.39 is 0 Å². The smallest absolute Gasteiger partial charge is 0.244 e. The maximum atomic E-state index is 13.1. The van der Waals surface area contributed by atoms with Gasteiger partial charge in [-0.1, -0.05) is 24.3 Å². The average molecular weight is 325 g/mol. The number of pyridine rings is 1. The highest BCUT2D eigenvalue weighted by atomic mass is 16.2. The first kappa shape index (κ1) is 18.1. The number of hydrogen-bond acceptors (Lipinski definition) is 3. The number of aryl methyl sites for hydroxylation is 3. The Morgan fingerprint density at radius 3 is 2.33 bits per heavy atom. The van der Waals surface area contributed by atoms with Gasteiger partial charge in [0.15, 0.2) is 0 Å². The summed E-state index contributed by atoms with van der Waals surface area (Å²) < 4.78 is 0. The monoisotopic (exact) mass is 325 g/mol. The fraction of sp³-hybridized carbons (Fsp3) is 0.400. The summed E-state index contributed by atoms with van der Waals surface area (Å²) in [6.45, 7) is 6.59. The average Bonchev–Trinajstić information content (AvgIpc) is 2.47. The third-order valence-electron chi connectivity index (χ3n) is 4.16. The van der Waals surface area contributed by atoms with E-state index in [1.165, 1.54) is 5.56 Å². The first-order valence-electron chi connectivity index (χ1n) is 8.20. The third kappa shape index (κ3) is 4.20. The molecule has 1 amide bonds. The van der Waals surface area contributed by atoms with Crippen molar-refractivity contribution >= 4 is 5.91 Å². The van der Waals surface area contributed by atoms with E-state index in [4.69, 9.17) is 0 Å². The number of hydrogen-bond donors (Lipinski definition) is 0. The summed E-state index contributed by atoms with van der Waals surface area (Å²) in [5.41, 5.74) is 5.25. The minimum Gasteiger partial charge on any atom is -0.338 e. The number of nitrogens with zero attached hydrogens (tertiary/aromatic N) is 3. The zero-order chi connectivity index (χ0) is 17.9. The molecule has 0 N–H and O–H groups in total. The van der Waals surface area contributed by atoms with Crippen LogP contribution in [0.25, 0.3) is 0 Å². The third-order valence-corrected chi connectivity index (χ3v) is 4.16. The van der Waals surface area contributed by atoms with Gasteiger partial charge >= 0.3 is 0 Å². The van der Waals surface area contributed by atoms with E-state index in [1.807, 2.05) is 76.3 Å². The molecule has 0 aliphatic heterocycles. The van der Waals surface area contributed by atoms with E-state index in [0.717, 1.165) is 22.5 Å². The molecule has 1 aromatic carbocycles. The molecule has 0 bridgehead atoms. The molecule has 0 radical (unpaired) electrons. The van der Waals surface area contributed by atoms with Crippen molar-refractivity contribution in [2.24, 2.45) is 0 Å². The Labute approximate surface area is 145 Å². The topological polar surface area (TPSA) is 36.4 Å². The molecule has 0 saturated carbocycles. The number of benzene rings is 1. The lowest BCUT2D eigenvalue weighted by atomic mass is 9.99. The summed E-state index contributed by atoms with van der Waals surface area (Å²) in [5.74, 6) is 0.0789. The molecule has 0 aliphatic rings. The second-order valence-electron chi connectivity index (χ2n) is 6.69. The van der Waals surface area contributed by atoms with Gasteiger partial charge in [-0.2, -0.15) is 0 Å². The highest BCUT2D eigenvalue weighted by Gasteiger charge is 2.27. The Bertz CT molecular complexity index is 704. The SMILES string of the molecule is Cc1cc(C)nc(CN(C)C(=O)[C@H](c2ccccc2C)N(C)C)c1. The van der Waals surface area contributed by atoms with Crippen molar-refractivity contribution in [1.82, 2.24) is 14.8 Å². The number of likely N-dealkylation sites (N-methyl/N-ethyl adjacent to an activating group) is 2. The molecular formula is C20H27N3O. The number of amides is 1. The minimum atomic E-state index is -0.290. The van der Waals surface area contributed by atoms with Crippen molar-refractivity contribution in [2.75, 3.05) is 21.1 Å². The van der Waals surface area contributed by atoms with Crippen molar-refractivity contribution < 1.29 is 4.79 Å². The zero-order valence-corrected chi connectivity index (χ0v) is 15.5. The van der Waals surface area contributed by atoms with E-state index in [9.17, 15) is 4.79 Å². The van der Waals surface area contributed by atoms with E-state index >= 15 is 0 Å². The van der Waals surface area contributed by atoms with E-state index in [-0.39, 0.29) is 11.9 Å². The van der Waals surface area contributed by atoms with Crippen LogP contribution < -0.4 is 0 Å². The van der Waals surface area contributed by atoms with Crippen molar-refractivity contribution in [3.05, 3.63) is 64.5 Å². The van der Waals surface area contributed by atoms with Gasteiger partial charge in [-0.15, -0.1) is 0 Å². The van der Waals surface area contributed by atoms with E-state index in [1.54, 1.807) is 4.90 Å². The van der Waals surface area contributed by atoms with Gasteiger partial charge < -0.3 is 4.90 Å². The van der Waals surface area contributed by atoms with Crippen LogP contribution in [0.3, 0.4) is 0 Å². The number of rotatable bonds is 5. The molecule has 2 aromatic rings. The van der Waals surface area contributed by atoms with Crippen molar-refractivity contribution in [1.29, 1.82) is 0 Å². The first-order chi connectivity index (χ1) is 11.3.